The van der Waals surface area contributed by atoms with Crippen molar-refractivity contribution in [2.24, 2.45) is 5.92 Å². The lowest BCUT2D eigenvalue weighted by Gasteiger charge is -2.30. The van der Waals surface area contributed by atoms with Gasteiger partial charge in [0.15, 0.2) is 0 Å². The zero-order valence-electron chi connectivity index (χ0n) is 13.0. The highest BCUT2D eigenvalue weighted by atomic mass is 15.1. The largest absolute Gasteiger partial charge is 0.303 e. The molecule has 0 saturated carbocycles. The van der Waals surface area contributed by atoms with E-state index in [0.717, 1.165) is 31.7 Å². The average molecular weight is 265 g/mol. The number of nitriles is 1. The molecule has 1 N–H and O–H groups in total. The van der Waals surface area contributed by atoms with Gasteiger partial charge in [-0.2, -0.15) is 5.26 Å². The van der Waals surface area contributed by atoms with E-state index in [4.69, 9.17) is 0 Å². The zero-order valence-corrected chi connectivity index (χ0v) is 13.0. The first-order chi connectivity index (χ1) is 9.09. The van der Waals surface area contributed by atoms with Crippen molar-refractivity contribution in [2.75, 3.05) is 26.2 Å². The maximum atomic E-state index is 9.27. The van der Waals surface area contributed by atoms with Gasteiger partial charge in [0.1, 0.15) is 5.54 Å². The lowest BCUT2D eigenvalue weighted by molar-refractivity contribution is 0.188. The van der Waals surface area contributed by atoms with Crippen LogP contribution in [0, 0.1) is 17.2 Å². The Balaban J connectivity index is 2.13. The number of piperidine rings is 1. The van der Waals surface area contributed by atoms with E-state index in [9.17, 15) is 5.26 Å². The molecule has 0 aromatic carbocycles. The van der Waals surface area contributed by atoms with E-state index in [-0.39, 0.29) is 5.54 Å². The summed E-state index contributed by atoms with van der Waals surface area (Å²) in [6.07, 6.45) is 7.13. The molecule has 110 valence electrons. The Bertz CT molecular complexity index is 276. The summed E-state index contributed by atoms with van der Waals surface area (Å²) in [4.78, 5) is 2.59. The molecule has 1 fully saturated rings. The minimum atomic E-state index is -0.327. The quantitative estimate of drug-likeness (QED) is 0.685. The molecule has 0 amide bonds. The monoisotopic (exact) mass is 265 g/mol. The van der Waals surface area contributed by atoms with Crippen molar-refractivity contribution < 1.29 is 0 Å². The van der Waals surface area contributed by atoms with Crippen LogP contribution in [0.4, 0.5) is 0 Å². The summed E-state index contributed by atoms with van der Waals surface area (Å²) in [6, 6.07) is 2.43. The molecule has 19 heavy (non-hydrogen) atoms. The Morgan fingerprint density at radius 2 is 2.00 bits per heavy atom. The summed E-state index contributed by atoms with van der Waals surface area (Å²) in [5, 5.41) is 12.6. The van der Waals surface area contributed by atoms with Crippen LogP contribution in [0.1, 0.15) is 59.3 Å². The molecule has 0 aromatic heterocycles. The number of nitrogens with one attached hydrogen (secondary N) is 1. The fraction of sp³-hybridized carbons (Fsp3) is 0.938. The van der Waals surface area contributed by atoms with Crippen LogP contribution < -0.4 is 5.32 Å². The Kier molecular flexibility index (Phi) is 7.41. The molecule has 0 aliphatic carbocycles. The Labute approximate surface area is 119 Å². The second-order valence-corrected chi connectivity index (χ2v) is 6.35. The average Bonchev–Trinajstić information content (AvgIpc) is 2.43. The molecule has 1 rings (SSSR count). The molecule has 1 aliphatic heterocycles. The second kappa shape index (κ2) is 8.55. The fourth-order valence-electron chi connectivity index (χ4n) is 2.68. The predicted molar refractivity (Wildman–Crippen MR) is 81.0 cm³/mol. The van der Waals surface area contributed by atoms with Crippen LogP contribution in [0.3, 0.4) is 0 Å². The maximum Gasteiger partial charge on any atom is 0.103 e. The molecule has 3 nitrogen and oxygen atoms in total. The minimum absolute atomic E-state index is 0.327. The highest BCUT2D eigenvalue weighted by Crippen LogP contribution is 2.18. The number of likely N-dealkylation sites (tertiary alicyclic amines) is 1. The van der Waals surface area contributed by atoms with Gasteiger partial charge in [0, 0.05) is 0 Å². The first kappa shape index (κ1) is 16.5. The smallest absolute Gasteiger partial charge is 0.103 e. The van der Waals surface area contributed by atoms with Gasteiger partial charge >= 0.3 is 0 Å². The first-order valence-corrected chi connectivity index (χ1v) is 7.98. The van der Waals surface area contributed by atoms with Crippen LogP contribution in [-0.4, -0.2) is 36.6 Å². The first-order valence-electron chi connectivity index (χ1n) is 7.98. The van der Waals surface area contributed by atoms with Crippen LogP contribution >= 0.6 is 0 Å². The third-order valence-corrected chi connectivity index (χ3v) is 4.29. The molecule has 0 spiro atoms. The fourth-order valence-corrected chi connectivity index (χ4v) is 2.68. The van der Waals surface area contributed by atoms with Crippen molar-refractivity contribution >= 4 is 0 Å². The molecule has 1 aliphatic rings. The molecular weight excluding hydrogens is 234 g/mol. The number of hydrogen-bond acceptors (Lipinski definition) is 3. The highest BCUT2D eigenvalue weighted by Gasteiger charge is 2.22. The lowest BCUT2D eigenvalue weighted by Crippen LogP contribution is -2.41. The predicted octanol–water partition coefficient (Wildman–Crippen LogP) is 3.17. The van der Waals surface area contributed by atoms with Crippen molar-refractivity contribution in [3.63, 3.8) is 0 Å². The number of rotatable bonds is 8. The normalized spacial score (nSPS) is 20.9. The van der Waals surface area contributed by atoms with E-state index < -0.39 is 0 Å². The van der Waals surface area contributed by atoms with Gasteiger partial charge in [-0.1, -0.05) is 13.8 Å². The van der Waals surface area contributed by atoms with Crippen molar-refractivity contribution in [1.82, 2.24) is 10.2 Å². The summed E-state index contributed by atoms with van der Waals surface area (Å²) in [7, 11) is 0. The molecule has 1 heterocycles. The SMILES string of the molecule is CCCNC(C)(C#N)CCCCN1CCC(C)CC1. The maximum absolute atomic E-state index is 9.27. The van der Waals surface area contributed by atoms with Crippen LogP contribution in [0.15, 0.2) is 0 Å². The van der Waals surface area contributed by atoms with Crippen LogP contribution in [0.5, 0.6) is 0 Å². The van der Waals surface area contributed by atoms with E-state index in [1.54, 1.807) is 0 Å². The van der Waals surface area contributed by atoms with Crippen molar-refractivity contribution in [2.45, 2.75) is 64.8 Å². The highest BCUT2D eigenvalue weighted by molar-refractivity contribution is 5.03. The molecule has 0 aromatic rings. The third-order valence-electron chi connectivity index (χ3n) is 4.29. The van der Waals surface area contributed by atoms with E-state index in [1.165, 1.54) is 38.9 Å². The third kappa shape index (κ3) is 6.40. The van der Waals surface area contributed by atoms with Gasteiger partial charge in [-0.25, -0.2) is 0 Å². The Hall–Kier alpha value is -0.590. The van der Waals surface area contributed by atoms with E-state index >= 15 is 0 Å². The topological polar surface area (TPSA) is 39.1 Å². The van der Waals surface area contributed by atoms with Crippen LogP contribution in [0.25, 0.3) is 0 Å². The van der Waals surface area contributed by atoms with Crippen LogP contribution in [-0.2, 0) is 0 Å². The summed E-state index contributed by atoms with van der Waals surface area (Å²) >= 11 is 0. The van der Waals surface area contributed by atoms with E-state index in [1.807, 2.05) is 6.92 Å². The summed E-state index contributed by atoms with van der Waals surface area (Å²) < 4.78 is 0. The van der Waals surface area contributed by atoms with Gasteiger partial charge in [0.25, 0.3) is 0 Å². The van der Waals surface area contributed by atoms with Gasteiger partial charge in [0.05, 0.1) is 6.07 Å². The van der Waals surface area contributed by atoms with Gasteiger partial charge in [0.2, 0.25) is 0 Å². The summed E-state index contributed by atoms with van der Waals surface area (Å²) in [5.41, 5.74) is -0.327. The zero-order chi connectivity index (χ0) is 14.1. The van der Waals surface area contributed by atoms with Crippen molar-refractivity contribution in [1.29, 1.82) is 5.26 Å². The molecule has 3 heteroatoms. The van der Waals surface area contributed by atoms with Crippen LogP contribution in [0.2, 0.25) is 0 Å². The van der Waals surface area contributed by atoms with Gasteiger partial charge in [-0.05, 0) is 77.5 Å². The minimum Gasteiger partial charge on any atom is -0.303 e. The number of nitrogens with zero attached hydrogens (tertiary/aromatic N) is 2. The van der Waals surface area contributed by atoms with E-state index in [0.29, 0.717) is 0 Å². The molecule has 1 saturated heterocycles. The number of hydrogen-bond donors (Lipinski definition) is 1. The van der Waals surface area contributed by atoms with Gasteiger partial charge < -0.3 is 4.90 Å². The molecule has 1 unspecified atom stereocenters. The Morgan fingerprint density at radius 3 is 2.58 bits per heavy atom. The number of unbranched alkanes of at least 4 members (excludes halogenated alkanes) is 1. The molecular formula is C16H31N3. The molecule has 0 bridgehead atoms. The van der Waals surface area contributed by atoms with Crippen molar-refractivity contribution in [3.05, 3.63) is 0 Å². The van der Waals surface area contributed by atoms with Gasteiger partial charge in [-0.15, -0.1) is 0 Å². The Morgan fingerprint density at radius 1 is 1.32 bits per heavy atom. The lowest BCUT2D eigenvalue weighted by atomic mass is 9.95. The summed E-state index contributed by atoms with van der Waals surface area (Å²) in [5.74, 6) is 0.913. The van der Waals surface area contributed by atoms with Gasteiger partial charge in [-0.3, -0.25) is 5.32 Å². The molecule has 1 atom stereocenters. The standard InChI is InChI=1S/C16H31N3/c1-4-10-18-16(3,14-17)9-5-6-11-19-12-7-15(2)8-13-19/h15,18H,4-13H2,1-3H3. The van der Waals surface area contributed by atoms with E-state index in [2.05, 4.69) is 30.1 Å². The molecule has 0 radical (unpaired) electrons. The van der Waals surface area contributed by atoms with Crippen molar-refractivity contribution in [3.8, 4) is 6.07 Å². The second-order valence-electron chi connectivity index (χ2n) is 6.35. The summed E-state index contributed by atoms with van der Waals surface area (Å²) in [6.45, 7) is 11.2.